The molecule has 3 aromatic rings. The van der Waals surface area contributed by atoms with Crippen molar-refractivity contribution in [1.82, 2.24) is 0 Å². The fraction of sp³-hybridized carbons (Fsp3) is 0.0833. The van der Waals surface area contributed by atoms with E-state index in [1.165, 1.54) is 16.8 Å². The molecule has 0 heterocycles. The van der Waals surface area contributed by atoms with Gasteiger partial charge in [-0.15, -0.1) is 0 Å². The molecule has 124 valence electrons. The van der Waals surface area contributed by atoms with Crippen LogP contribution >= 0.6 is 0 Å². The first-order chi connectivity index (χ1) is 12.3. The Morgan fingerprint density at radius 1 is 0.640 bits per heavy atom. The number of para-hydroxylation sites is 1. The second-order valence-corrected chi connectivity index (χ2v) is 6.09. The van der Waals surface area contributed by atoms with Crippen LogP contribution in [0.2, 0.25) is 0 Å². The highest BCUT2D eigenvalue weighted by molar-refractivity contribution is 5.52. The van der Waals surface area contributed by atoms with Gasteiger partial charge in [-0.2, -0.15) is 0 Å². The zero-order valence-corrected chi connectivity index (χ0v) is 14.4. The summed E-state index contributed by atoms with van der Waals surface area (Å²) in [6, 6.07) is 27.6. The molecule has 0 atom stereocenters. The molecule has 0 aliphatic heterocycles. The van der Waals surface area contributed by atoms with Crippen molar-refractivity contribution in [1.29, 1.82) is 0 Å². The van der Waals surface area contributed by atoms with E-state index in [1.54, 1.807) is 0 Å². The van der Waals surface area contributed by atoms with E-state index in [2.05, 4.69) is 96.9 Å². The van der Waals surface area contributed by atoms with Crippen LogP contribution in [-0.4, -0.2) is 0 Å². The van der Waals surface area contributed by atoms with Crippen molar-refractivity contribution < 1.29 is 0 Å². The average Bonchev–Trinajstić information content (AvgIpc) is 2.68. The molecule has 0 saturated heterocycles. The van der Waals surface area contributed by atoms with Crippen molar-refractivity contribution in [3.05, 3.63) is 114 Å². The zero-order valence-electron chi connectivity index (χ0n) is 14.4. The fourth-order valence-electron chi connectivity index (χ4n) is 2.95. The van der Waals surface area contributed by atoms with Gasteiger partial charge < -0.3 is 4.90 Å². The first kappa shape index (κ1) is 16.8. The normalized spacial score (nSPS) is 10.2. The second kappa shape index (κ2) is 8.16. The highest BCUT2D eigenvalue weighted by atomic mass is 15.1. The SMILES string of the molecule is C=Cc1cccc(CN(Cc2cccc(C=C)c2)c2ccccc2)c1. The van der Waals surface area contributed by atoms with Gasteiger partial charge in [0.15, 0.2) is 0 Å². The standard InChI is InChI=1S/C24H23N/c1-3-20-10-8-12-22(16-20)18-25(24-14-6-5-7-15-24)19-23-13-9-11-21(4-2)17-23/h3-17H,1-2,18-19H2. The summed E-state index contributed by atoms with van der Waals surface area (Å²) in [7, 11) is 0. The van der Waals surface area contributed by atoms with E-state index in [9.17, 15) is 0 Å². The third-order valence-corrected chi connectivity index (χ3v) is 4.24. The summed E-state index contributed by atoms with van der Waals surface area (Å²) in [5.41, 5.74) is 6.08. The van der Waals surface area contributed by atoms with Gasteiger partial charge in [-0.05, 0) is 46.5 Å². The van der Waals surface area contributed by atoms with Crippen LogP contribution in [0, 0.1) is 0 Å². The summed E-state index contributed by atoms with van der Waals surface area (Å²) in [5, 5.41) is 0. The van der Waals surface area contributed by atoms with Gasteiger partial charge in [-0.1, -0.05) is 79.9 Å². The molecular weight excluding hydrogens is 302 g/mol. The molecule has 0 unspecified atom stereocenters. The lowest BCUT2D eigenvalue weighted by atomic mass is 10.1. The molecule has 0 saturated carbocycles. The quantitative estimate of drug-likeness (QED) is 0.501. The van der Waals surface area contributed by atoms with Crippen molar-refractivity contribution in [2.24, 2.45) is 0 Å². The highest BCUT2D eigenvalue weighted by Gasteiger charge is 2.09. The Kier molecular flexibility index (Phi) is 5.48. The van der Waals surface area contributed by atoms with Crippen LogP contribution in [-0.2, 0) is 13.1 Å². The lowest BCUT2D eigenvalue weighted by molar-refractivity contribution is 0.800. The monoisotopic (exact) mass is 325 g/mol. The van der Waals surface area contributed by atoms with Crippen molar-refractivity contribution in [2.75, 3.05) is 4.90 Å². The van der Waals surface area contributed by atoms with E-state index >= 15 is 0 Å². The topological polar surface area (TPSA) is 3.24 Å². The van der Waals surface area contributed by atoms with Crippen molar-refractivity contribution in [3.63, 3.8) is 0 Å². The minimum atomic E-state index is 0.851. The maximum absolute atomic E-state index is 3.87. The maximum Gasteiger partial charge on any atom is 0.0433 e. The summed E-state index contributed by atoms with van der Waals surface area (Å²) in [6.45, 7) is 9.45. The van der Waals surface area contributed by atoms with Crippen LogP contribution in [0.25, 0.3) is 12.2 Å². The molecule has 0 N–H and O–H groups in total. The maximum atomic E-state index is 3.87. The van der Waals surface area contributed by atoms with Gasteiger partial charge in [0.2, 0.25) is 0 Å². The molecule has 3 rings (SSSR count). The fourth-order valence-corrected chi connectivity index (χ4v) is 2.95. The third-order valence-electron chi connectivity index (χ3n) is 4.24. The summed E-state index contributed by atoms with van der Waals surface area (Å²) in [5.74, 6) is 0. The smallest absolute Gasteiger partial charge is 0.0433 e. The van der Waals surface area contributed by atoms with E-state index in [0.717, 1.165) is 24.2 Å². The van der Waals surface area contributed by atoms with Crippen LogP contribution in [0.1, 0.15) is 22.3 Å². The summed E-state index contributed by atoms with van der Waals surface area (Å²) in [6.07, 6.45) is 3.79. The third kappa shape index (κ3) is 4.48. The van der Waals surface area contributed by atoms with Gasteiger partial charge in [0.25, 0.3) is 0 Å². The Morgan fingerprint density at radius 3 is 1.64 bits per heavy atom. The Balaban J connectivity index is 1.89. The van der Waals surface area contributed by atoms with Crippen molar-refractivity contribution in [2.45, 2.75) is 13.1 Å². The molecule has 25 heavy (non-hydrogen) atoms. The highest BCUT2D eigenvalue weighted by Crippen LogP contribution is 2.21. The van der Waals surface area contributed by atoms with Crippen LogP contribution in [0.3, 0.4) is 0 Å². The molecule has 1 nitrogen and oxygen atoms in total. The predicted molar refractivity (Wildman–Crippen MR) is 109 cm³/mol. The molecular formula is C24H23N. The van der Waals surface area contributed by atoms with Gasteiger partial charge in [-0.25, -0.2) is 0 Å². The Bertz CT molecular complexity index is 795. The molecule has 0 aliphatic carbocycles. The first-order valence-electron chi connectivity index (χ1n) is 8.51. The van der Waals surface area contributed by atoms with E-state index in [0.29, 0.717) is 0 Å². The lowest BCUT2D eigenvalue weighted by Crippen LogP contribution is -2.22. The molecule has 0 aromatic heterocycles. The Labute approximate surface area is 150 Å². The second-order valence-electron chi connectivity index (χ2n) is 6.09. The zero-order chi connectivity index (χ0) is 17.5. The lowest BCUT2D eigenvalue weighted by Gasteiger charge is -2.25. The molecule has 0 spiro atoms. The number of anilines is 1. The number of nitrogens with zero attached hydrogens (tertiary/aromatic N) is 1. The van der Waals surface area contributed by atoms with E-state index in [4.69, 9.17) is 0 Å². The van der Waals surface area contributed by atoms with Crippen LogP contribution in [0.4, 0.5) is 5.69 Å². The summed E-state index contributed by atoms with van der Waals surface area (Å²) < 4.78 is 0. The summed E-state index contributed by atoms with van der Waals surface area (Å²) in [4.78, 5) is 2.39. The largest absolute Gasteiger partial charge is 0.363 e. The van der Waals surface area contributed by atoms with Crippen LogP contribution < -0.4 is 4.90 Å². The molecule has 3 aromatic carbocycles. The molecule has 0 bridgehead atoms. The Hall–Kier alpha value is -3.06. The molecule has 0 fully saturated rings. The van der Waals surface area contributed by atoms with Crippen molar-refractivity contribution >= 4 is 17.8 Å². The predicted octanol–water partition coefficient (Wildman–Crippen LogP) is 6.18. The summed E-state index contributed by atoms with van der Waals surface area (Å²) >= 11 is 0. The Morgan fingerprint density at radius 2 is 1.16 bits per heavy atom. The minimum Gasteiger partial charge on any atom is -0.363 e. The molecule has 1 heteroatoms. The van der Waals surface area contributed by atoms with Gasteiger partial charge >= 0.3 is 0 Å². The van der Waals surface area contributed by atoms with Crippen molar-refractivity contribution in [3.8, 4) is 0 Å². The van der Waals surface area contributed by atoms with E-state index in [1.807, 2.05) is 12.2 Å². The van der Waals surface area contributed by atoms with Crippen LogP contribution in [0.5, 0.6) is 0 Å². The van der Waals surface area contributed by atoms with E-state index in [-0.39, 0.29) is 0 Å². The van der Waals surface area contributed by atoms with Gasteiger partial charge in [0.1, 0.15) is 0 Å². The molecule has 0 aliphatic rings. The van der Waals surface area contributed by atoms with Gasteiger partial charge in [-0.3, -0.25) is 0 Å². The van der Waals surface area contributed by atoms with Gasteiger partial charge in [0.05, 0.1) is 0 Å². The number of benzene rings is 3. The van der Waals surface area contributed by atoms with Gasteiger partial charge in [0, 0.05) is 18.8 Å². The number of rotatable bonds is 7. The van der Waals surface area contributed by atoms with E-state index < -0.39 is 0 Å². The number of hydrogen-bond acceptors (Lipinski definition) is 1. The first-order valence-corrected chi connectivity index (χ1v) is 8.51. The molecule has 0 radical (unpaired) electrons. The number of hydrogen-bond donors (Lipinski definition) is 0. The minimum absolute atomic E-state index is 0.851. The average molecular weight is 325 g/mol. The molecule has 0 amide bonds. The van der Waals surface area contributed by atoms with Crippen LogP contribution in [0.15, 0.2) is 92.0 Å².